The van der Waals surface area contributed by atoms with Crippen molar-refractivity contribution < 1.29 is 4.52 Å². The lowest BCUT2D eigenvalue weighted by Crippen LogP contribution is -2.38. The molecule has 1 aliphatic heterocycles. The van der Waals surface area contributed by atoms with Crippen molar-refractivity contribution in [3.8, 4) is 0 Å². The molecule has 0 radical (unpaired) electrons. The molecule has 21 heavy (non-hydrogen) atoms. The summed E-state index contributed by atoms with van der Waals surface area (Å²) in [5, 5.41) is 7.56. The number of rotatable bonds is 6. The summed E-state index contributed by atoms with van der Waals surface area (Å²) < 4.78 is 5.36. The molecule has 2 fully saturated rings. The fourth-order valence-electron chi connectivity index (χ4n) is 2.73. The molecule has 1 aromatic heterocycles. The predicted octanol–water partition coefficient (Wildman–Crippen LogP) is 1.40. The minimum absolute atomic E-state index is 0. The van der Waals surface area contributed by atoms with E-state index in [-0.39, 0.29) is 12.4 Å². The Morgan fingerprint density at radius 1 is 1.38 bits per heavy atom. The van der Waals surface area contributed by atoms with Gasteiger partial charge in [-0.2, -0.15) is 4.98 Å². The van der Waals surface area contributed by atoms with Crippen LogP contribution in [0.25, 0.3) is 0 Å². The quantitative estimate of drug-likeness (QED) is 0.826. The number of aromatic nitrogens is 2. The van der Waals surface area contributed by atoms with Gasteiger partial charge in [0.1, 0.15) is 0 Å². The monoisotopic (exact) mass is 315 g/mol. The summed E-state index contributed by atoms with van der Waals surface area (Å²) in [6.45, 7) is 6.75. The van der Waals surface area contributed by atoms with Crippen molar-refractivity contribution in [2.45, 2.75) is 63.7 Å². The largest absolute Gasteiger partial charge is 0.338 e. The van der Waals surface area contributed by atoms with Crippen molar-refractivity contribution in [2.75, 3.05) is 13.1 Å². The maximum atomic E-state index is 6.00. The third kappa shape index (κ3) is 4.39. The molecule has 0 aromatic carbocycles. The lowest BCUT2D eigenvalue weighted by atomic mass is 10.1. The maximum absolute atomic E-state index is 6.00. The summed E-state index contributed by atoms with van der Waals surface area (Å²) in [5.41, 5.74) is 5.45. The van der Waals surface area contributed by atoms with Crippen LogP contribution in [-0.4, -0.2) is 40.2 Å². The predicted molar refractivity (Wildman–Crippen MR) is 83.2 cm³/mol. The fourth-order valence-corrected chi connectivity index (χ4v) is 2.73. The van der Waals surface area contributed by atoms with E-state index in [4.69, 9.17) is 10.3 Å². The number of hydrogen-bond donors (Lipinski definition) is 2. The van der Waals surface area contributed by atoms with E-state index in [0.29, 0.717) is 23.8 Å². The van der Waals surface area contributed by atoms with Crippen molar-refractivity contribution >= 4 is 12.4 Å². The van der Waals surface area contributed by atoms with E-state index >= 15 is 0 Å². The molecule has 0 spiro atoms. The molecule has 2 aliphatic rings. The Balaban J connectivity index is 0.00000161. The van der Waals surface area contributed by atoms with Gasteiger partial charge in [0.05, 0.1) is 12.1 Å². The van der Waals surface area contributed by atoms with E-state index in [0.717, 1.165) is 19.6 Å². The first-order valence-electron chi connectivity index (χ1n) is 7.62. The van der Waals surface area contributed by atoms with Gasteiger partial charge in [-0.15, -0.1) is 12.4 Å². The van der Waals surface area contributed by atoms with Crippen LogP contribution in [0.3, 0.4) is 0 Å². The van der Waals surface area contributed by atoms with E-state index in [1.807, 2.05) is 13.8 Å². The number of hydrogen-bond acceptors (Lipinski definition) is 6. The molecule has 6 nitrogen and oxygen atoms in total. The fraction of sp³-hybridized carbons (Fsp3) is 0.857. The third-order valence-electron chi connectivity index (χ3n) is 4.06. The zero-order chi connectivity index (χ0) is 14.2. The van der Waals surface area contributed by atoms with Crippen molar-refractivity contribution in [1.82, 2.24) is 20.4 Å². The summed E-state index contributed by atoms with van der Waals surface area (Å²) in [6, 6.07) is 1.31. The molecule has 1 saturated carbocycles. The van der Waals surface area contributed by atoms with Crippen molar-refractivity contribution in [2.24, 2.45) is 5.73 Å². The molecule has 2 heterocycles. The molecule has 1 atom stereocenters. The van der Waals surface area contributed by atoms with Crippen LogP contribution in [0.4, 0.5) is 0 Å². The lowest BCUT2D eigenvalue weighted by Gasteiger charge is -2.23. The average Bonchev–Trinajstić information content (AvgIpc) is 2.88. The second-order valence-corrected chi connectivity index (χ2v) is 6.69. The van der Waals surface area contributed by atoms with E-state index in [1.165, 1.54) is 25.7 Å². The van der Waals surface area contributed by atoms with Gasteiger partial charge < -0.3 is 15.6 Å². The first-order valence-corrected chi connectivity index (χ1v) is 7.62. The Hall–Kier alpha value is -0.690. The van der Waals surface area contributed by atoms with Gasteiger partial charge in [0, 0.05) is 18.6 Å². The van der Waals surface area contributed by atoms with Gasteiger partial charge in [0.2, 0.25) is 5.89 Å². The molecule has 3 rings (SSSR count). The van der Waals surface area contributed by atoms with E-state index < -0.39 is 5.54 Å². The number of nitrogens with zero attached hydrogens (tertiary/aromatic N) is 3. The van der Waals surface area contributed by atoms with Crippen LogP contribution in [0.15, 0.2) is 4.52 Å². The average molecular weight is 316 g/mol. The molecule has 1 unspecified atom stereocenters. The Labute approximate surface area is 132 Å². The van der Waals surface area contributed by atoms with Gasteiger partial charge in [0.25, 0.3) is 0 Å². The van der Waals surface area contributed by atoms with E-state index in [2.05, 4.69) is 20.4 Å². The Kier molecular flexibility index (Phi) is 5.24. The topological polar surface area (TPSA) is 80.2 Å². The smallest absolute Gasteiger partial charge is 0.240 e. The summed E-state index contributed by atoms with van der Waals surface area (Å²) >= 11 is 0. The van der Waals surface area contributed by atoms with Crippen LogP contribution in [0.5, 0.6) is 0 Å². The molecular formula is C14H26ClN5O. The van der Waals surface area contributed by atoms with Crippen molar-refractivity contribution in [3.05, 3.63) is 11.7 Å². The second-order valence-electron chi connectivity index (χ2n) is 6.69. The minimum Gasteiger partial charge on any atom is -0.338 e. The highest BCUT2D eigenvalue weighted by Crippen LogP contribution is 2.29. The van der Waals surface area contributed by atoms with Gasteiger partial charge >= 0.3 is 0 Å². The van der Waals surface area contributed by atoms with Gasteiger partial charge in [-0.3, -0.25) is 4.90 Å². The zero-order valence-corrected chi connectivity index (χ0v) is 13.7. The highest BCUT2D eigenvalue weighted by molar-refractivity contribution is 5.85. The van der Waals surface area contributed by atoms with Gasteiger partial charge in [-0.25, -0.2) is 0 Å². The maximum Gasteiger partial charge on any atom is 0.240 e. The Morgan fingerprint density at radius 2 is 2.14 bits per heavy atom. The first kappa shape index (κ1) is 16.7. The van der Waals surface area contributed by atoms with E-state index in [9.17, 15) is 0 Å². The molecule has 120 valence electrons. The Bertz CT molecular complexity index is 448. The van der Waals surface area contributed by atoms with Crippen molar-refractivity contribution in [1.29, 1.82) is 0 Å². The summed E-state index contributed by atoms with van der Waals surface area (Å²) in [4.78, 5) is 6.92. The molecular weight excluding hydrogens is 290 g/mol. The van der Waals surface area contributed by atoms with Gasteiger partial charge in [0.15, 0.2) is 5.82 Å². The van der Waals surface area contributed by atoms with Crippen LogP contribution >= 0.6 is 12.4 Å². The summed E-state index contributed by atoms with van der Waals surface area (Å²) in [5.74, 6) is 1.27. The normalized spacial score (nSPS) is 22.6. The van der Waals surface area contributed by atoms with Gasteiger partial charge in [-0.1, -0.05) is 5.16 Å². The highest BCUT2D eigenvalue weighted by atomic mass is 35.5. The first-order chi connectivity index (χ1) is 9.52. The van der Waals surface area contributed by atoms with Crippen LogP contribution < -0.4 is 11.1 Å². The van der Waals surface area contributed by atoms with Crippen LogP contribution in [0, 0.1) is 0 Å². The van der Waals surface area contributed by atoms with Crippen LogP contribution in [0.2, 0.25) is 0 Å². The Morgan fingerprint density at radius 3 is 2.67 bits per heavy atom. The van der Waals surface area contributed by atoms with Crippen LogP contribution in [0.1, 0.15) is 51.2 Å². The molecule has 0 bridgehead atoms. The molecule has 1 aliphatic carbocycles. The minimum atomic E-state index is -0.542. The summed E-state index contributed by atoms with van der Waals surface area (Å²) in [6.07, 6.45) is 5.13. The molecule has 1 aromatic rings. The summed E-state index contributed by atoms with van der Waals surface area (Å²) in [7, 11) is 0. The molecule has 1 saturated heterocycles. The number of nitrogens with two attached hydrogens (primary N) is 1. The van der Waals surface area contributed by atoms with Gasteiger partial charge in [-0.05, 0) is 46.1 Å². The third-order valence-corrected chi connectivity index (χ3v) is 4.06. The SMILES string of the molecule is CC(C)(N)c1noc(CN(CC2CCCN2)C2CC2)n1.Cl. The molecule has 7 heteroatoms. The zero-order valence-electron chi connectivity index (χ0n) is 12.8. The lowest BCUT2D eigenvalue weighted by molar-refractivity contribution is 0.200. The van der Waals surface area contributed by atoms with Crippen molar-refractivity contribution in [3.63, 3.8) is 0 Å². The van der Waals surface area contributed by atoms with Crippen LogP contribution in [-0.2, 0) is 12.1 Å². The second kappa shape index (κ2) is 6.60. The standard InChI is InChI=1S/C14H25N5O.ClH/c1-14(2,15)13-17-12(20-18-13)9-19(11-5-6-11)8-10-4-3-7-16-10;/h10-11,16H,3-9,15H2,1-2H3;1H. The number of nitrogens with one attached hydrogen (secondary N) is 1. The highest BCUT2D eigenvalue weighted by Gasteiger charge is 2.33. The number of halogens is 1. The van der Waals surface area contributed by atoms with E-state index in [1.54, 1.807) is 0 Å². The molecule has 3 N–H and O–H groups in total. The molecule has 0 amide bonds.